The van der Waals surface area contributed by atoms with Crippen LogP contribution in [0.1, 0.15) is 34.8 Å². The Bertz CT molecular complexity index is 1460. The Kier molecular flexibility index (Phi) is 5.39. The van der Waals surface area contributed by atoms with Crippen LogP contribution in [-0.2, 0) is 0 Å². The van der Waals surface area contributed by atoms with Crippen molar-refractivity contribution in [3.8, 4) is 11.5 Å². The number of aryl methyl sites for hydroxylation is 1. The van der Waals surface area contributed by atoms with Crippen molar-refractivity contribution in [2.24, 2.45) is 0 Å². The van der Waals surface area contributed by atoms with Crippen molar-refractivity contribution < 1.29 is 19.4 Å². The normalized spacial score (nSPS) is 14.6. The smallest absolute Gasteiger partial charge is 0.339 e. The second-order valence-corrected chi connectivity index (χ2v) is 8.59. The fourth-order valence-electron chi connectivity index (χ4n) is 4.96. The van der Waals surface area contributed by atoms with E-state index in [1.54, 1.807) is 26.4 Å². The molecule has 0 atom stereocenters. The minimum absolute atomic E-state index is 0.0243. The molecule has 4 aromatic rings. The Labute approximate surface area is 195 Å². The average Bonchev–Trinajstić information content (AvgIpc) is 3.16. The van der Waals surface area contributed by atoms with Crippen LogP contribution in [0.5, 0.6) is 11.5 Å². The van der Waals surface area contributed by atoms with Crippen LogP contribution in [-0.4, -0.2) is 52.9 Å². The summed E-state index contributed by atoms with van der Waals surface area (Å²) in [7, 11) is 3.10. The summed E-state index contributed by atoms with van der Waals surface area (Å²) in [4.78, 5) is 34.2. The molecular weight excluding hydrogens is 436 g/mol. The number of aromatic amines is 1. The predicted octanol–water partition coefficient (Wildman–Crippen LogP) is 3.74. The van der Waals surface area contributed by atoms with Gasteiger partial charge in [0.1, 0.15) is 5.56 Å². The zero-order valence-corrected chi connectivity index (χ0v) is 19.3. The molecule has 0 spiro atoms. The van der Waals surface area contributed by atoms with Crippen LogP contribution >= 0.6 is 0 Å². The molecule has 0 unspecified atom stereocenters. The van der Waals surface area contributed by atoms with E-state index in [0.717, 1.165) is 16.6 Å². The summed E-state index contributed by atoms with van der Waals surface area (Å²) in [6.07, 6.45) is 2.80. The Balaban J connectivity index is 1.52. The third kappa shape index (κ3) is 3.53. The van der Waals surface area contributed by atoms with E-state index in [0.29, 0.717) is 54.0 Å². The molecule has 3 heterocycles. The first-order valence-electron chi connectivity index (χ1n) is 11.1. The van der Waals surface area contributed by atoms with Crippen LogP contribution < -0.4 is 20.1 Å². The van der Waals surface area contributed by atoms with Crippen LogP contribution in [0.4, 0.5) is 5.69 Å². The minimum atomic E-state index is -1.04. The van der Waals surface area contributed by atoms with Gasteiger partial charge >= 0.3 is 11.7 Å². The highest BCUT2D eigenvalue weighted by molar-refractivity contribution is 6.05. The first-order valence-corrected chi connectivity index (χ1v) is 11.1. The highest BCUT2D eigenvalue weighted by Crippen LogP contribution is 2.39. The number of imidazole rings is 1. The van der Waals surface area contributed by atoms with Gasteiger partial charge in [0, 0.05) is 36.8 Å². The molecule has 9 heteroatoms. The number of methoxy groups -OCH3 is 2. The number of carboxylic acids is 1. The molecule has 5 rings (SSSR count). The molecule has 9 nitrogen and oxygen atoms in total. The Morgan fingerprint density at radius 1 is 1.12 bits per heavy atom. The molecule has 2 aromatic carbocycles. The molecule has 34 heavy (non-hydrogen) atoms. The number of carbonyl (C=O) groups is 1. The predicted molar refractivity (Wildman–Crippen MR) is 130 cm³/mol. The SMILES string of the molecule is COc1cc2ncc(C(=O)O)c(N3CCC(n4c(=O)[nH]c5cc(C)ccc54)CC3)c2cc1OC. The lowest BCUT2D eigenvalue weighted by atomic mass is 10.0. The monoisotopic (exact) mass is 462 g/mol. The topological polar surface area (TPSA) is 110 Å². The number of piperidine rings is 1. The summed E-state index contributed by atoms with van der Waals surface area (Å²) in [5.41, 5.74) is 4.08. The second kappa shape index (κ2) is 8.40. The number of hydrogen-bond acceptors (Lipinski definition) is 6. The van der Waals surface area contributed by atoms with Crippen molar-refractivity contribution in [2.45, 2.75) is 25.8 Å². The first kappa shape index (κ1) is 21.8. The van der Waals surface area contributed by atoms with Gasteiger partial charge in [0.25, 0.3) is 0 Å². The van der Waals surface area contributed by atoms with Crippen LogP contribution in [0.15, 0.2) is 41.3 Å². The first-order chi connectivity index (χ1) is 16.4. The van der Waals surface area contributed by atoms with Gasteiger partial charge in [-0.3, -0.25) is 9.55 Å². The quantitative estimate of drug-likeness (QED) is 0.465. The van der Waals surface area contributed by atoms with Gasteiger partial charge in [-0.05, 0) is 43.5 Å². The van der Waals surface area contributed by atoms with Crippen molar-refractivity contribution in [1.29, 1.82) is 0 Å². The molecule has 0 amide bonds. The van der Waals surface area contributed by atoms with Gasteiger partial charge in [0.2, 0.25) is 0 Å². The highest BCUT2D eigenvalue weighted by Gasteiger charge is 2.28. The molecule has 2 aromatic heterocycles. The second-order valence-electron chi connectivity index (χ2n) is 8.59. The van der Waals surface area contributed by atoms with E-state index in [9.17, 15) is 14.7 Å². The van der Waals surface area contributed by atoms with Gasteiger partial charge in [-0.15, -0.1) is 0 Å². The fourth-order valence-corrected chi connectivity index (χ4v) is 4.96. The van der Waals surface area contributed by atoms with Crippen molar-refractivity contribution >= 4 is 33.6 Å². The number of aromatic carboxylic acids is 1. The molecule has 2 N–H and O–H groups in total. The number of nitrogens with zero attached hydrogens (tertiary/aromatic N) is 3. The van der Waals surface area contributed by atoms with Gasteiger partial charge < -0.3 is 24.5 Å². The van der Waals surface area contributed by atoms with Crippen LogP contribution in [0.3, 0.4) is 0 Å². The average molecular weight is 463 g/mol. The van der Waals surface area contributed by atoms with E-state index in [-0.39, 0.29) is 17.3 Å². The van der Waals surface area contributed by atoms with Crippen LogP contribution in [0.2, 0.25) is 0 Å². The maximum absolute atomic E-state index is 12.7. The molecule has 176 valence electrons. The molecule has 0 aliphatic carbocycles. The molecule has 1 fully saturated rings. The number of anilines is 1. The highest BCUT2D eigenvalue weighted by atomic mass is 16.5. The number of rotatable bonds is 5. The van der Waals surface area contributed by atoms with Crippen molar-refractivity contribution in [2.75, 3.05) is 32.2 Å². The molecule has 1 aliphatic rings. The number of pyridine rings is 1. The Hall–Kier alpha value is -4.01. The largest absolute Gasteiger partial charge is 0.493 e. The summed E-state index contributed by atoms with van der Waals surface area (Å²) in [6.45, 7) is 3.20. The van der Waals surface area contributed by atoms with E-state index in [1.165, 1.54) is 6.20 Å². The maximum atomic E-state index is 12.7. The number of aromatic nitrogens is 3. The third-order valence-corrected chi connectivity index (χ3v) is 6.59. The summed E-state index contributed by atoms with van der Waals surface area (Å²) in [5, 5.41) is 10.6. The van der Waals surface area contributed by atoms with E-state index in [2.05, 4.69) is 14.9 Å². The summed E-state index contributed by atoms with van der Waals surface area (Å²) >= 11 is 0. The fraction of sp³-hybridized carbons (Fsp3) is 0.320. The summed E-state index contributed by atoms with van der Waals surface area (Å²) in [6, 6.07) is 9.52. The minimum Gasteiger partial charge on any atom is -0.493 e. The third-order valence-electron chi connectivity index (χ3n) is 6.59. The number of nitrogens with one attached hydrogen (secondary N) is 1. The van der Waals surface area contributed by atoms with Crippen LogP contribution in [0.25, 0.3) is 21.9 Å². The lowest BCUT2D eigenvalue weighted by Crippen LogP contribution is -2.37. The lowest BCUT2D eigenvalue weighted by Gasteiger charge is -2.35. The number of ether oxygens (including phenoxy) is 2. The van der Waals surface area contributed by atoms with E-state index < -0.39 is 5.97 Å². The van der Waals surface area contributed by atoms with Crippen molar-refractivity contribution in [3.05, 3.63) is 58.1 Å². The maximum Gasteiger partial charge on any atom is 0.339 e. The molecule has 1 saturated heterocycles. The zero-order chi connectivity index (χ0) is 24.0. The van der Waals surface area contributed by atoms with E-state index in [4.69, 9.17) is 9.47 Å². The lowest BCUT2D eigenvalue weighted by molar-refractivity contribution is 0.0697. The van der Waals surface area contributed by atoms with Gasteiger partial charge in [-0.1, -0.05) is 6.07 Å². The standard InChI is InChI=1S/C25H26N4O5/c1-14-4-5-20-19(10-14)27-25(32)29(20)15-6-8-28(9-7-15)23-16-11-21(33-2)22(34-3)12-18(16)26-13-17(23)24(30)31/h4-5,10-13,15H,6-9H2,1-3H3,(H,27,32)(H,30,31). The van der Waals surface area contributed by atoms with Gasteiger partial charge in [0.05, 0.1) is 36.5 Å². The van der Waals surface area contributed by atoms with Gasteiger partial charge in [-0.2, -0.15) is 0 Å². The number of benzene rings is 2. The van der Waals surface area contributed by atoms with E-state index >= 15 is 0 Å². The molecule has 0 bridgehead atoms. The van der Waals surface area contributed by atoms with E-state index in [1.807, 2.05) is 29.7 Å². The number of H-pyrrole nitrogens is 1. The van der Waals surface area contributed by atoms with Crippen molar-refractivity contribution in [1.82, 2.24) is 14.5 Å². The molecule has 0 saturated carbocycles. The number of fused-ring (bicyclic) bond motifs is 2. The number of carboxylic acid groups (broad SMARTS) is 1. The summed E-state index contributed by atoms with van der Waals surface area (Å²) in [5.74, 6) is 0.00446. The van der Waals surface area contributed by atoms with Crippen molar-refractivity contribution in [3.63, 3.8) is 0 Å². The van der Waals surface area contributed by atoms with Gasteiger partial charge in [-0.25, -0.2) is 9.59 Å². The van der Waals surface area contributed by atoms with Crippen LogP contribution in [0, 0.1) is 6.92 Å². The Morgan fingerprint density at radius 3 is 2.50 bits per heavy atom. The molecule has 1 aliphatic heterocycles. The zero-order valence-electron chi connectivity index (χ0n) is 19.3. The Morgan fingerprint density at radius 2 is 1.82 bits per heavy atom. The molecular formula is C25H26N4O5. The summed E-state index contributed by atoms with van der Waals surface area (Å²) < 4.78 is 12.7. The number of hydrogen-bond donors (Lipinski definition) is 2. The van der Waals surface area contributed by atoms with Gasteiger partial charge in [0.15, 0.2) is 11.5 Å². The molecule has 0 radical (unpaired) electrons.